The molecule has 18 heavy (non-hydrogen) atoms. The molecule has 0 unspecified atom stereocenters. The molecule has 0 amide bonds. The first-order valence-corrected chi connectivity index (χ1v) is 6.97. The van der Waals surface area contributed by atoms with Crippen molar-refractivity contribution in [1.82, 2.24) is 0 Å². The third-order valence-electron chi connectivity index (χ3n) is 3.55. The van der Waals surface area contributed by atoms with Crippen molar-refractivity contribution in [3.8, 4) is 11.1 Å². The largest absolute Gasteiger partial charge is 0.0683 e. The number of fused-ring (bicyclic) bond motifs is 3. The van der Waals surface area contributed by atoms with E-state index in [0.717, 1.165) is 0 Å². The molecule has 0 saturated carbocycles. The molecule has 0 N–H and O–H groups in total. The molecule has 0 fully saturated rings. The van der Waals surface area contributed by atoms with Gasteiger partial charge in [0.15, 0.2) is 0 Å². The van der Waals surface area contributed by atoms with Gasteiger partial charge >= 0.3 is 0 Å². The van der Waals surface area contributed by atoms with E-state index in [1.807, 2.05) is 13.8 Å². The molecule has 0 aliphatic heterocycles. The Balaban J connectivity index is 0.000000574. The predicted octanol–water partition coefficient (Wildman–Crippen LogP) is 5.48. The lowest BCUT2D eigenvalue weighted by Gasteiger charge is -2.17. The average molecular weight is 238 g/mol. The summed E-state index contributed by atoms with van der Waals surface area (Å²) in [6.45, 7) is 8.62. The fourth-order valence-corrected chi connectivity index (χ4v) is 2.91. The Morgan fingerprint density at radius 1 is 0.722 bits per heavy atom. The molecule has 0 saturated heterocycles. The molecule has 0 aromatic heterocycles. The highest BCUT2D eigenvalue weighted by Gasteiger charge is 2.29. The van der Waals surface area contributed by atoms with E-state index in [4.69, 9.17) is 0 Å². The van der Waals surface area contributed by atoms with Crippen molar-refractivity contribution in [3.05, 3.63) is 59.7 Å². The van der Waals surface area contributed by atoms with Crippen LogP contribution in [0.5, 0.6) is 0 Å². The molecule has 3 rings (SSSR count). The van der Waals surface area contributed by atoms with Crippen LogP contribution in [-0.2, 0) is 0 Å². The van der Waals surface area contributed by atoms with Crippen LogP contribution < -0.4 is 0 Å². The number of hydrogen-bond acceptors (Lipinski definition) is 0. The van der Waals surface area contributed by atoms with Crippen molar-refractivity contribution in [3.63, 3.8) is 0 Å². The molecular formula is C18H22. The van der Waals surface area contributed by atoms with E-state index >= 15 is 0 Å². The first-order valence-electron chi connectivity index (χ1n) is 6.97. The number of benzene rings is 2. The zero-order valence-electron chi connectivity index (χ0n) is 11.8. The highest BCUT2D eigenvalue weighted by atomic mass is 14.3. The van der Waals surface area contributed by atoms with Gasteiger partial charge in [-0.1, -0.05) is 76.2 Å². The second-order valence-corrected chi connectivity index (χ2v) is 4.90. The van der Waals surface area contributed by atoms with Gasteiger partial charge in [0.1, 0.15) is 0 Å². The average Bonchev–Trinajstić information content (AvgIpc) is 2.75. The Bertz CT molecular complexity index is 478. The van der Waals surface area contributed by atoms with Crippen molar-refractivity contribution in [1.29, 1.82) is 0 Å². The van der Waals surface area contributed by atoms with E-state index in [9.17, 15) is 0 Å². The van der Waals surface area contributed by atoms with E-state index in [1.165, 1.54) is 22.3 Å². The van der Waals surface area contributed by atoms with Gasteiger partial charge in [-0.25, -0.2) is 0 Å². The fourth-order valence-electron chi connectivity index (χ4n) is 2.91. The Hall–Kier alpha value is -1.56. The third-order valence-corrected chi connectivity index (χ3v) is 3.55. The lowest BCUT2D eigenvalue weighted by molar-refractivity contribution is 0.573. The minimum absolute atomic E-state index is 0.576. The van der Waals surface area contributed by atoms with Gasteiger partial charge in [-0.2, -0.15) is 0 Å². The van der Waals surface area contributed by atoms with Crippen LogP contribution in [0, 0.1) is 5.92 Å². The lowest BCUT2D eigenvalue weighted by atomic mass is 9.87. The van der Waals surface area contributed by atoms with E-state index in [0.29, 0.717) is 11.8 Å². The van der Waals surface area contributed by atoms with E-state index in [-0.39, 0.29) is 0 Å². The summed E-state index contributed by atoms with van der Waals surface area (Å²) in [6.07, 6.45) is 0. The van der Waals surface area contributed by atoms with Crippen LogP contribution in [0.3, 0.4) is 0 Å². The summed E-state index contributed by atoms with van der Waals surface area (Å²) >= 11 is 0. The lowest BCUT2D eigenvalue weighted by Crippen LogP contribution is -2.04. The Morgan fingerprint density at radius 2 is 1.11 bits per heavy atom. The smallest absolute Gasteiger partial charge is 0.0125 e. The number of hydrogen-bond donors (Lipinski definition) is 0. The van der Waals surface area contributed by atoms with Crippen molar-refractivity contribution in [2.24, 2.45) is 5.92 Å². The van der Waals surface area contributed by atoms with Crippen LogP contribution in [0.15, 0.2) is 48.5 Å². The van der Waals surface area contributed by atoms with E-state index < -0.39 is 0 Å². The number of rotatable bonds is 1. The van der Waals surface area contributed by atoms with Crippen molar-refractivity contribution in [2.75, 3.05) is 0 Å². The summed E-state index contributed by atoms with van der Waals surface area (Å²) < 4.78 is 0. The minimum atomic E-state index is 0.576. The summed E-state index contributed by atoms with van der Waals surface area (Å²) in [5.74, 6) is 1.23. The summed E-state index contributed by atoms with van der Waals surface area (Å²) in [5, 5.41) is 0. The van der Waals surface area contributed by atoms with Gasteiger partial charge in [0.05, 0.1) is 0 Å². The molecule has 0 heteroatoms. The quantitative estimate of drug-likeness (QED) is 0.617. The molecule has 1 aliphatic rings. The summed E-state index contributed by atoms with van der Waals surface area (Å²) in [6, 6.07) is 17.6. The molecule has 0 heterocycles. The first kappa shape index (κ1) is 12.9. The zero-order chi connectivity index (χ0) is 13.1. The normalized spacial score (nSPS) is 12.7. The summed E-state index contributed by atoms with van der Waals surface area (Å²) in [5.41, 5.74) is 5.85. The maximum atomic E-state index is 2.31. The maximum absolute atomic E-state index is 2.31. The molecule has 2 aromatic carbocycles. The van der Waals surface area contributed by atoms with Crippen LogP contribution in [0.4, 0.5) is 0 Å². The molecule has 2 aromatic rings. The van der Waals surface area contributed by atoms with Gasteiger partial charge in [-0.15, -0.1) is 0 Å². The fraction of sp³-hybridized carbons (Fsp3) is 0.333. The highest BCUT2D eigenvalue weighted by Crippen LogP contribution is 2.47. The van der Waals surface area contributed by atoms with E-state index in [2.05, 4.69) is 62.4 Å². The molecule has 0 bridgehead atoms. The Morgan fingerprint density at radius 3 is 1.50 bits per heavy atom. The molecule has 0 spiro atoms. The maximum Gasteiger partial charge on any atom is 0.0125 e. The zero-order valence-corrected chi connectivity index (χ0v) is 11.8. The van der Waals surface area contributed by atoms with E-state index in [1.54, 1.807) is 0 Å². The van der Waals surface area contributed by atoms with Crippen molar-refractivity contribution in [2.45, 2.75) is 33.6 Å². The van der Waals surface area contributed by atoms with Gasteiger partial charge < -0.3 is 0 Å². The van der Waals surface area contributed by atoms with Crippen molar-refractivity contribution >= 4 is 0 Å². The van der Waals surface area contributed by atoms with Crippen LogP contribution in [0.25, 0.3) is 11.1 Å². The topological polar surface area (TPSA) is 0 Å². The highest BCUT2D eigenvalue weighted by molar-refractivity contribution is 5.78. The van der Waals surface area contributed by atoms with Gasteiger partial charge in [-0.3, -0.25) is 0 Å². The first-order chi connectivity index (χ1) is 8.79. The SMILES string of the molecule is CC.CC(C)C1c2ccccc2-c2ccccc21. The van der Waals surface area contributed by atoms with Gasteiger partial charge in [0.2, 0.25) is 0 Å². The molecule has 0 nitrogen and oxygen atoms in total. The Labute approximate surface area is 111 Å². The molecule has 94 valence electrons. The monoisotopic (exact) mass is 238 g/mol. The van der Waals surface area contributed by atoms with Crippen molar-refractivity contribution < 1.29 is 0 Å². The second kappa shape index (κ2) is 5.39. The van der Waals surface area contributed by atoms with Gasteiger partial charge in [0, 0.05) is 5.92 Å². The van der Waals surface area contributed by atoms with Gasteiger partial charge in [-0.05, 0) is 28.2 Å². The summed E-state index contributed by atoms with van der Waals surface area (Å²) in [7, 11) is 0. The van der Waals surface area contributed by atoms with Crippen LogP contribution in [-0.4, -0.2) is 0 Å². The minimum Gasteiger partial charge on any atom is -0.0683 e. The second-order valence-electron chi connectivity index (χ2n) is 4.90. The standard InChI is InChI=1S/C16H16.C2H6/c1-11(2)16-14-9-5-3-7-12(14)13-8-4-6-10-15(13)16;1-2/h3-11,16H,1-2H3;1-2H3. The molecular weight excluding hydrogens is 216 g/mol. The van der Waals surface area contributed by atoms with Crippen LogP contribution in [0.2, 0.25) is 0 Å². The van der Waals surface area contributed by atoms with Gasteiger partial charge in [0.25, 0.3) is 0 Å². The summed E-state index contributed by atoms with van der Waals surface area (Å²) in [4.78, 5) is 0. The Kier molecular flexibility index (Phi) is 3.86. The molecule has 0 radical (unpaired) electrons. The molecule has 0 atom stereocenters. The predicted molar refractivity (Wildman–Crippen MR) is 79.9 cm³/mol. The van der Waals surface area contributed by atoms with Crippen LogP contribution >= 0.6 is 0 Å². The van der Waals surface area contributed by atoms with Crippen LogP contribution in [0.1, 0.15) is 44.7 Å². The molecule has 1 aliphatic carbocycles. The third kappa shape index (κ3) is 1.96.